The van der Waals surface area contributed by atoms with Crippen LogP contribution in [-0.2, 0) is 9.57 Å². The van der Waals surface area contributed by atoms with Gasteiger partial charge in [0.05, 0.1) is 30.1 Å². The van der Waals surface area contributed by atoms with Crippen LogP contribution in [0.25, 0.3) is 0 Å². The molecule has 0 bridgehead atoms. The maximum atomic E-state index is 12.2. The summed E-state index contributed by atoms with van der Waals surface area (Å²) < 4.78 is 7.06. The largest absolute Gasteiger partial charge is 0.383 e. The Morgan fingerprint density at radius 1 is 1.21 bits per heavy atom. The number of fused-ring (bicyclic) bond motifs is 1. The number of carbonyl (C=O) groups is 3. The number of nitrogens with zero attached hydrogens (tertiary/aromatic N) is 3. The van der Waals surface area contributed by atoms with Crippen molar-refractivity contribution < 1.29 is 24.0 Å². The molecule has 0 aliphatic carbocycles. The molecule has 0 N–H and O–H groups in total. The number of hydrogen-bond donors (Lipinski definition) is 0. The third kappa shape index (κ3) is 2.28. The van der Waals surface area contributed by atoms with Crippen LogP contribution in [0.1, 0.15) is 43.7 Å². The zero-order valence-corrected chi connectivity index (χ0v) is 12.5. The maximum absolute atomic E-state index is 12.2. The Labute approximate surface area is 136 Å². The lowest BCUT2D eigenvalue weighted by Crippen LogP contribution is -2.32. The fourth-order valence-corrected chi connectivity index (χ4v) is 2.78. The molecule has 1 atom stereocenters. The third-order valence-corrected chi connectivity index (χ3v) is 4.07. The van der Waals surface area contributed by atoms with Crippen molar-refractivity contribution in [1.29, 1.82) is 0 Å². The number of carbonyl (C=O) groups excluding carboxylic acids is 3. The Kier molecular flexibility index (Phi) is 3.39. The molecule has 2 amide bonds. The number of imidazole rings is 1. The second kappa shape index (κ2) is 5.57. The second-order valence-corrected chi connectivity index (χ2v) is 5.55. The van der Waals surface area contributed by atoms with E-state index in [-0.39, 0.29) is 22.9 Å². The van der Waals surface area contributed by atoms with Crippen LogP contribution in [0, 0.1) is 0 Å². The van der Waals surface area contributed by atoms with Crippen molar-refractivity contribution in [2.75, 3.05) is 13.2 Å². The number of rotatable bonds is 3. The van der Waals surface area contributed by atoms with Gasteiger partial charge in [0.1, 0.15) is 0 Å². The van der Waals surface area contributed by atoms with E-state index in [0.717, 1.165) is 6.42 Å². The van der Waals surface area contributed by atoms with Crippen LogP contribution >= 0.6 is 0 Å². The summed E-state index contributed by atoms with van der Waals surface area (Å²) in [5.74, 6) is -2.18. The van der Waals surface area contributed by atoms with E-state index in [1.54, 1.807) is 16.7 Å². The van der Waals surface area contributed by atoms with Crippen LogP contribution in [0.4, 0.5) is 0 Å². The van der Waals surface area contributed by atoms with Gasteiger partial charge in [-0.05, 0) is 18.6 Å². The van der Waals surface area contributed by atoms with Crippen LogP contribution in [0.2, 0.25) is 0 Å². The number of ether oxygens (including phenoxy) is 1. The summed E-state index contributed by atoms with van der Waals surface area (Å²) in [6.45, 7) is 1.22. The molecule has 8 nitrogen and oxygen atoms in total. The first-order valence-corrected chi connectivity index (χ1v) is 7.46. The molecular formula is C16H13N3O5. The summed E-state index contributed by atoms with van der Waals surface area (Å²) in [4.78, 5) is 45.5. The summed E-state index contributed by atoms with van der Waals surface area (Å²) in [5, 5.41) is 0.477. The van der Waals surface area contributed by atoms with Crippen molar-refractivity contribution in [3.05, 3.63) is 53.6 Å². The highest BCUT2D eigenvalue weighted by atomic mass is 16.7. The Hall–Kier alpha value is -3.00. The maximum Gasteiger partial charge on any atom is 0.383 e. The Balaban J connectivity index is 1.51. The second-order valence-electron chi connectivity index (χ2n) is 5.55. The SMILES string of the molecule is O=C(ON1C(=O)c2ccccc2C1=O)c1cn(C2CCOC2)cn1. The molecule has 0 spiro atoms. The fraction of sp³-hybridized carbons (Fsp3) is 0.250. The molecular weight excluding hydrogens is 314 g/mol. The lowest BCUT2D eigenvalue weighted by Gasteiger charge is -2.11. The summed E-state index contributed by atoms with van der Waals surface area (Å²) >= 11 is 0. The van der Waals surface area contributed by atoms with Gasteiger partial charge in [-0.15, -0.1) is 0 Å². The molecule has 0 saturated carbocycles. The monoisotopic (exact) mass is 327 g/mol. The zero-order chi connectivity index (χ0) is 16.7. The van der Waals surface area contributed by atoms with E-state index < -0.39 is 17.8 Å². The lowest BCUT2D eigenvalue weighted by atomic mass is 10.1. The molecule has 1 fully saturated rings. The number of amides is 2. The highest BCUT2D eigenvalue weighted by Crippen LogP contribution is 2.23. The molecule has 2 aromatic rings. The van der Waals surface area contributed by atoms with Gasteiger partial charge in [-0.1, -0.05) is 17.2 Å². The zero-order valence-electron chi connectivity index (χ0n) is 12.5. The fourth-order valence-electron chi connectivity index (χ4n) is 2.78. The van der Waals surface area contributed by atoms with Gasteiger partial charge in [0.25, 0.3) is 11.8 Å². The van der Waals surface area contributed by atoms with Crippen molar-refractivity contribution in [3.8, 4) is 0 Å². The minimum atomic E-state index is -0.859. The average molecular weight is 327 g/mol. The van der Waals surface area contributed by atoms with E-state index >= 15 is 0 Å². The van der Waals surface area contributed by atoms with Crippen LogP contribution in [0.5, 0.6) is 0 Å². The Morgan fingerprint density at radius 2 is 1.92 bits per heavy atom. The molecule has 4 rings (SSSR count). The molecule has 2 aliphatic heterocycles. The highest BCUT2D eigenvalue weighted by Gasteiger charge is 2.39. The van der Waals surface area contributed by atoms with Crippen LogP contribution in [0.15, 0.2) is 36.8 Å². The summed E-state index contributed by atoms with van der Waals surface area (Å²) in [5.41, 5.74) is 0.450. The van der Waals surface area contributed by atoms with E-state index in [2.05, 4.69) is 4.98 Å². The number of benzene rings is 1. The molecule has 0 radical (unpaired) electrons. The van der Waals surface area contributed by atoms with Gasteiger partial charge >= 0.3 is 5.97 Å². The average Bonchev–Trinajstić information content (AvgIpc) is 3.32. The lowest BCUT2D eigenvalue weighted by molar-refractivity contribution is -0.0588. The van der Waals surface area contributed by atoms with Crippen molar-refractivity contribution >= 4 is 17.8 Å². The molecule has 1 aromatic heterocycles. The molecule has 24 heavy (non-hydrogen) atoms. The van der Waals surface area contributed by atoms with Gasteiger partial charge in [-0.25, -0.2) is 9.78 Å². The van der Waals surface area contributed by atoms with Crippen LogP contribution in [0.3, 0.4) is 0 Å². The summed E-state index contributed by atoms with van der Waals surface area (Å²) in [6, 6.07) is 6.43. The molecule has 2 aliphatic rings. The van der Waals surface area contributed by atoms with Gasteiger partial charge in [0.2, 0.25) is 0 Å². The van der Waals surface area contributed by atoms with Gasteiger partial charge < -0.3 is 14.1 Å². The van der Waals surface area contributed by atoms with Gasteiger partial charge in [-0.2, -0.15) is 0 Å². The minimum Gasteiger partial charge on any atom is -0.379 e. The Morgan fingerprint density at radius 3 is 2.54 bits per heavy atom. The van der Waals surface area contributed by atoms with Crippen LogP contribution in [-0.4, -0.2) is 45.6 Å². The van der Waals surface area contributed by atoms with E-state index in [4.69, 9.17) is 9.57 Å². The predicted molar refractivity (Wildman–Crippen MR) is 79.1 cm³/mol. The topological polar surface area (TPSA) is 90.7 Å². The standard InChI is InChI=1S/C16H13N3O5/c20-14-11-3-1-2-4-12(11)15(21)19(14)24-16(22)13-7-18(9-17-13)10-5-6-23-8-10/h1-4,7,9-10H,5-6,8H2. The molecule has 8 heteroatoms. The minimum absolute atomic E-state index is 0.0263. The summed E-state index contributed by atoms with van der Waals surface area (Å²) in [7, 11) is 0. The number of hydroxylamine groups is 2. The summed E-state index contributed by atoms with van der Waals surface area (Å²) in [6.07, 6.45) is 3.88. The quantitative estimate of drug-likeness (QED) is 0.787. The molecule has 1 unspecified atom stereocenters. The first kappa shape index (κ1) is 14.6. The molecule has 122 valence electrons. The van der Waals surface area contributed by atoms with Gasteiger partial charge in [0, 0.05) is 12.8 Å². The van der Waals surface area contributed by atoms with E-state index in [9.17, 15) is 14.4 Å². The van der Waals surface area contributed by atoms with Crippen molar-refractivity contribution in [1.82, 2.24) is 14.6 Å². The van der Waals surface area contributed by atoms with Crippen molar-refractivity contribution in [2.45, 2.75) is 12.5 Å². The van der Waals surface area contributed by atoms with E-state index in [1.807, 2.05) is 0 Å². The number of imide groups is 1. The normalized spacial score (nSPS) is 19.7. The van der Waals surface area contributed by atoms with E-state index in [1.165, 1.54) is 24.7 Å². The number of hydrogen-bond acceptors (Lipinski definition) is 6. The Bertz CT molecular complexity index is 803. The first-order valence-electron chi connectivity index (χ1n) is 7.46. The van der Waals surface area contributed by atoms with Crippen molar-refractivity contribution in [3.63, 3.8) is 0 Å². The van der Waals surface area contributed by atoms with Gasteiger partial charge in [0.15, 0.2) is 5.69 Å². The van der Waals surface area contributed by atoms with E-state index in [0.29, 0.717) is 18.3 Å². The number of aromatic nitrogens is 2. The smallest absolute Gasteiger partial charge is 0.379 e. The predicted octanol–water partition coefficient (Wildman–Crippen LogP) is 1.21. The molecule has 1 aromatic carbocycles. The first-order chi connectivity index (χ1) is 11.6. The highest BCUT2D eigenvalue weighted by molar-refractivity contribution is 6.21. The van der Waals surface area contributed by atoms with Gasteiger partial charge in [-0.3, -0.25) is 9.59 Å². The molecule has 1 saturated heterocycles. The molecule has 3 heterocycles. The third-order valence-electron chi connectivity index (χ3n) is 4.07. The van der Waals surface area contributed by atoms with Crippen molar-refractivity contribution in [2.24, 2.45) is 0 Å². The van der Waals surface area contributed by atoms with Crippen LogP contribution < -0.4 is 0 Å².